The minimum absolute atomic E-state index is 0.0607. The van der Waals surface area contributed by atoms with Crippen LogP contribution < -0.4 is 4.90 Å². The van der Waals surface area contributed by atoms with Gasteiger partial charge in [0.15, 0.2) is 0 Å². The van der Waals surface area contributed by atoms with Gasteiger partial charge in [0.05, 0.1) is 0 Å². The van der Waals surface area contributed by atoms with Crippen LogP contribution in [0.1, 0.15) is 35.5 Å². The molecule has 0 aliphatic heterocycles. The van der Waals surface area contributed by atoms with Gasteiger partial charge in [0.1, 0.15) is 5.69 Å². The van der Waals surface area contributed by atoms with E-state index in [4.69, 9.17) is 0 Å². The van der Waals surface area contributed by atoms with Crippen molar-refractivity contribution in [3.05, 3.63) is 83.9 Å². The summed E-state index contributed by atoms with van der Waals surface area (Å²) in [6, 6.07) is 15.7. The monoisotopic (exact) mass is 389 g/mol. The second-order valence-electron chi connectivity index (χ2n) is 7.28. The SMILES string of the molecule is CC(C)N(Cc1ccccc1)C(=O)c1ccnc(N(C)CCc2ccncc2)n1. The Kier molecular flexibility index (Phi) is 6.89. The van der Waals surface area contributed by atoms with E-state index in [1.807, 2.05) is 73.2 Å². The summed E-state index contributed by atoms with van der Waals surface area (Å²) in [5.74, 6) is 0.461. The Balaban J connectivity index is 1.71. The highest BCUT2D eigenvalue weighted by atomic mass is 16.2. The molecule has 29 heavy (non-hydrogen) atoms. The molecule has 0 saturated carbocycles. The van der Waals surface area contributed by atoms with Crippen LogP contribution in [0.2, 0.25) is 0 Å². The normalized spacial score (nSPS) is 10.8. The van der Waals surface area contributed by atoms with Crippen molar-refractivity contribution in [2.24, 2.45) is 0 Å². The fourth-order valence-electron chi connectivity index (χ4n) is 3.01. The van der Waals surface area contributed by atoms with Crippen LogP contribution in [-0.2, 0) is 13.0 Å². The highest BCUT2D eigenvalue weighted by Crippen LogP contribution is 2.14. The molecular formula is C23H27N5O. The van der Waals surface area contributed by atoms with Crippen LogP contribution in [0.5, 0.6) is 0 Å². The molecule has 3 aromatic rings. The average Bonchev–Trinajstić information content (AvgIpc) is 2.76. The maximum atomic E-state index is 13.2. The van der Waals surface area contributed by atoms with E-state index in [0.29, 0.717) is 18.2 Å². The lowest BCUT2D eigenvalue weighted by atomic mass is 10.1. The Morgan fingerprint density at radius 1 is 0.966 bits per heavy atom. The first kappa shape index (κ1) is 20.5. The van der Waals surface area contributed by atoms with Crippen LogP contribution in [0, 0.1) is 0 Å². The summed E-state index contributed by atoms with van der Waals surface area (Å²) in [5.41, 5.74) is 2.71. The molecule has 3 rings (SSSR count). The molecule has 6 heteroatoms. The van der Waals surface area contributed by atoms with Gasteiger partial charge in [-0.05, 0) is 49.6 Å². The van der Waals surface area contributed by atoms with Crippen molar-refractivity contribution in [1.82, 2.24) is 19.9 Å². The molecule has 0 spiro atoms. The van der Waals surface area contributed by atoms with Crippen LogP contribution in [0.15, 0.2) is 67.1 Å². The van der Waals surface area contributed by atoms with Crippen LogP contribution in [0.3, 0.4) is 0 Å². The molecule has 0 aliphatic rings. The number of nitrogens with zero attached hydrogens (tertiary/aromatic N) is 5. The van der Waals surface area contributed by atoms with Gasteiger partial charge in [-0.2, -0.15) is 0 Å². The van der Waals surface area contributed by atoms with Gasteiger partial charge in [-0.1, -0.05) is 30.3 Å². The fraction of sp³-hybridized carbons (Fsp3) is 0.304. The number of anilines is 1. The molecule has 2 aromatic heterocycles. The maximum absolute atomic E-state index is 13.2. The van der Waals surface area contributed by atoms with Crippen molar-refractivity contribution in [3.63, 3.8) is 0 Å². The van der Waals surface area contributed by atoms with Crippen molar-refractivity contribution in [1.29, 1.82) is 0 Å². The molecule has 150 valence electrons. The minimum Gasteiger partial charge on any atom is -0.344 e. The summed E-state index contributed by atoms with van der Waals surface area (Å²) in [7, 11) is 1.94. The second kappa shape index (κ2) is 9.78. The lowest BCUT2D eigenvalue weighted by Gasteiger charge is -2.27. The first-order chi connectivity index (χ1) is 14.0. The highest BCUT2D eigenvalue weighted by molar-refractivity contribution is 5.92. The number of carbonyl (C=O) groups excluding carboxylic acids is 1. The highest BCUT2D eigenvalue weighted by Gasteiger charge is 2.21. The van der Waals surface area contributed by atoms with E-state index in [1.165, 1.54) is 5.56 Å². The first-order valence-electron chi connectivity index (χ1n) is 9.82. The largest absolute Gasteiger partial charge is 0.344 e. The molecule has 0 fully saturated rings. The summed E-state index contributed by atoms with van der Waals surface area (Å²) in [6.07, 6.45) is 6.09. The summed E-state index contributed by atoms with van der Waals surface area (Å²) in [4.78, 5) is 29.9. The van der Waals surface area contributed by atoms with Crippen LogP contribution in [-0.4, -0.2) is 45.4 Å². The van der Waals surface area contributed by atoms with Crippen LogP contribution in [0.4, 0.5) is 5.95 Å². The maximum Gasteiger partial charge on any atom is 0.273 e. The summed E-state index contributed by atoms with van der Waals surface area (Å²) in [5, 5.41) is 0. The van der Waals surface area contributed by atoms with Gasteiger partial charge >= 0.3 is 0 Å². The molecule has 6 nitrogen and oxygen atoms in total. The smallest absolute Gasteiger partial charge is 0.273 e. The van der Waals surface area contributed by atoms with Gasteiger partial charge in [-0.15, -0.1) is 0 Å². The number of hydrogen-bond donors (Lipinski definition) is 0. The number of amides is 1. The third-order valence-electron chi connectivity index (χ3n) is 4.77. The van der Waals surface area contributed by atoms with Crippen molar-refractivity contribution >= 4 is 11.9 Å². The van der Waals surface area contributed by atoms with E-state index in [0.717, 1.165) is 18.5 Å². The Morgan fingerprint density at radius 2 is 1.69 bits per heavy atom. The van der Waals surface area contributed by atoms with Gasteiger partial charge in [0.25, 0.3) is 5.91 Å². The quantitative estimate of drug-likeness (QED) is 0.589. The Morgan fingerprint density at radius 3 is 2.38 bits per heavy atom. The molecular weight excluding hydrogens is 362 g/mol. The van der Waals surface area contributed by atoms with Gasteiger partial charge < -0.3 is 9.80 Å². The summed E-state index contributed by atoms with van der Waals surface area (Å²) in [6.45, 7) is 5.34. The predicted octanol–water partition coefficient (Wildman–Crippen LogP) is 3.60. The Bertz CT molecular complexity index is 915. The van der Waals surface area contributed by atoms with E-state index >= 15 is 0 Å². The van der Waals surface area contributed by atoms with Crippen molar-refractivity contribution < 1.29 is 4.79 Å². The molecule has 0 N–H and O–H groups in total. The van der Waals surface area contributed by atoms with Crippen LogP contribution in [0.25, 0.3) is 0 Å². The van der Waals surface area contributed by atoms with E-state index < -0.39 is 0 Å². The predicted molar refractivity (Wildman–Crippen MR) is 115 cm³/mol. The number of benzene rings is 1. The summed E-state index contributed by atoms with van der Waals surface area (Å²) >= 11 is 0. The Labute approximate surface area is 172 Å². The standard InChI is InChI=1S/C23H27N5O/c1-18(2)28(17-20-7-5-4-6-8-20)22(29)21-11-15-25-23(26-21)27(3)16-12-19-9-13-24-14-10-19/h4-11,13-15,18H,12,16-17H2,1-3H3. The van der Waals surface area contributed by atoms with Gasteiger partial charge in [-0.3, -0.25) is 9.78 Å². The van der Waals surface area contributed by atoms with Gasteiger partial charge in [0.2, 0.25) is 5.95 Å². The number of likely N-dealkylation sites (N-methyl/N-ethyl adjacent to an activating group) is 1. The third-order valence-corrected chi connectivity index (χ3v) is 4.77. The molecule has 2 heterocycles. The fourth-order valence-corrected chi connectivity index (χ4v) is 3.01. The zero-order valence-corrected chi connectivity index (χ0v) is 17.2. The Hall–Kier alpha value is -3.28. The van der Waals surface area contributed by atoms with Crippen molar-refractivity contribution in [2.75, 3.05) is 18.5 Å². The third kappa shape index (κ3) is 5.60. The zero-order chi connectivity index (χ0) is 20.6. The summed E-state index contributed by atoms with van der Waals surface area (Å²) < 4.78 is 0. The van der Waals surface area contributed by atoms with E-state index in [1.54, 1.807) is 24.7 Å². The number of aromatic nitrogens is 3. The molecule has 0 radical (unpaired) electrons. The molecule has 0 aliphatic carbocycles. The van der Waals surface area contributed by atoms with E-state index in [-0.39, 0.29) is 11.9 Å². The second-order valence-corrected chi connectivity index (χ2v) is 7.28. The molecule has 0 saturated heterocycles. The van der Waals surface area contributed by atoms with E-state index in [9.17, 15) is 4.79 Å². The minimum atomic E-state index is -0.0879. The first-order valence-corrected chi connectivity index (χ1v) is 9.82. The van der Waals surface area contributed by atoms with Crippen molar-refractivity contribution in [3.8, 4) is 0 Å². The number of rotatable bonds is 8. The molecule has 0 atom stereocenters. The topological polar surface area (TPSA) is 62.2 Å². The zero-order valence-electron chi connectivity index (χ0n) is 17.2. The van der Waals surface area contributed by atoms with Gasteiger partial charge in [0, 0.05) is 44.8 Å². The average molecular weight is 390 g/mol. The van der Waals surface area contributed by atoms with Crippen molar-refractivity contribution in [2.45, 2.75) is 32.9 Å². The molecule has 1 amide bonds. The molecule has 0 bridgehead atoms. The lowest BCUT2D eigenvalue weighted by Crippen LogP contribution is -2.37. The number of hydrogen-bond acceptors (Lipinski definition) is 5. The van der Waals surface area contributed by atoms with Crippen LogP contribution >= 0.6 is 0 Å². The number of pyridine rings is 1. The molecule has 0 unspecified atom stereocenters. The molecule has 1 aromatic carbocycles. The van der Waals surface area contributed by atoms with Gasteiger partial charge in [-0.25, -0.2) is 9.97 Å². The van der Waals surface area contributed by atoms with E-state index in [2.05, 4.69) is 15.0 Å². The lowest BCUT2D eigenvalue weighted by molar-refractivity contribution is 0.0684. The number of carbonyl (C=O) groups is 1.